The molecule has 6 nitrogen and oxygen atoms in total. The maximum atomic E-state index is 11.9. The molecule has 2 rings (SSSR count). The largest absolute Gasteiger partial charge is 0.392 e. The summed E-state index contributed by atoms with van der Waals surface area (Å²) in [6, 6.07) is 5.10. The van der Waals surface area contributed by atoms with Gasteiger partial charge in [0.15, 0.2) is 9.84 Å². The molecule has 7 heteroatoms. The Morgan fingerprint density at radius 2 is 2.00 bits per heavy atom. The molecule has 1 fully saturated rings. The number of hydroxylamine groups is 2. The zero-order valence-corrected chi connectivity index (χ0v) is 14.0. The van der Waals surface area contributed by atoms with E-state index in [2.05, 4.69) is 4.90 Å². The molecule has 0 aromatic heterocycles. The molecular weight excluding hydrogens is 304 g/mol. The van der Waals surface area contributed by atoms with Crippen molar-refractivity contribution in [1.29, 1.82) is 0 Å². The van der Waals surface area contributed by atoms with Crippen LogP contribution in [-0.4, -0.2) is 55.7 Å². The zero-order chi connectivity index (χ0) is 16.5. The van der Waals surface area contributed by atoms with Crippen molar-refractivity contribution < 1.29 is 18.7 Å². The Hall–Kier alpha value is -1.15. The van der Waals surface area contributed by atoms with Gasteiger partial charge in [0, 0.05) is 31.6 Å². The van der Waals surface area contributed by atoms with Gasteiger partial charge in [-0.15, -0.1) is 0 Å². The number of rotatable bonds is 4. The lowest BCUT2D eigenvalue weighted by Gasteiger charge is -2.41. The molecule has 0 bridgehead atoms. The fourth-order valence-electron chi connectivity index (χ4n) is 2.81. The minimum absolute atomic E-state index is 0.00736. The highest BCUT2D eigenvalue weighted by molar-refractivity contribution is 7.90. The summed E-state index contributed by atoms with van der Waals surface area (Å²) in [5.74, 6) is 0.291. The van der Waals surface area contributed by atoms with Gasteiger partial charge in [-0.2, -0.15) is 5.06 Å². The van der Waals surface area contributed by atoms with Crippen LogP contribution in [0.2, 0.25) is 0 Å². The molecule has 1 unspecified atom stereocenters. The van der Waals surface area contributed by atoms with Crippen LogP contribution < -0.4 is 4.90 Å². The highest BCUT2D eigenvalue weighted by Crippen LogP contribution is 2.26. The van der Waals surface area contributed by atoms with E-state index in [4.69, 9.17) is 0 Å². The van der Waals surface area contributed by atoms with Gasteiger partial charge in [-0.25, -0.2) is 8.42 Å². The normalized spacial score (nSPS) is 20.6. The molecule has 1 aromatic rings. The van der Waals surface area contributed by atoms with Crippen LogP contribution in [0.1, 0.15) is 19.4 Å². The van der Waals surface area contributed by atoms with E-state index >= 15 is 0 Å². The average molecular weight is 328 g/mol. The predicted octanol–water partition coefficient (Wildman–Crippen LogP) is 1.12. The topological polar surface area (TPSA) is 81.1 Å². The van der Waals surface area contributed by atoms with Crippen molar-refractivity contribution in [3.05, 3.63) is 23.8 Å². The Morgan fingerprint density at radius 1 is 1.32 bits per heavy atom. The van der Waals surface area contributed by atoms with Crippen LogP contribution in [0.4, 0.5) is 5.69 Å². The van der Waals surface area contributed by atoms with Crippen molar-refractivity contribution in [2.75, 3.05) is 30.8 Å². The first kappa shape index (κ1) is 17.2. The van der Waals surface area contributed by atoms with Gasteiger partial charge in [0.25, 0.3) is 0 Å². The Kier molecular flexibility index (Phi) is 5.11. The van der Waals surface area contributed by atoms with Gasteiger partial charge in [0.2, 0.25) is 0 Å². The first-order valence-corrected chi connectivity index (χ1v) is 9.27. The second-order valence-electron chi connectivity index (χ2n) is 6.14. The molecule has 22 heavy (non-hydrogen) atoms. The number of nitrogens with zero attached hydrogens (tertiary/aromatic N) is 2. The second-order valence-corrected chi connectivity index (χ2v) is 8.13. The quantitative estimate of drug-likeness (QED) is 0.862. The number of aliphatic hydroxyl groups excluding tert-OH is 1. The summed E-state index contributed by atoms with van der Waals surface area (Å²) in [6.07, 6.45) is 1.15. The molecule has 1 saturated heterocycles. The van der Waals surface area contributed by atoms with Gasteiger partial charge in [-0.1, -0.05) is 19.9 Å². The summed E-state index contributed by atoms with van der Waals surface area (Å²) in [6.45, 7) is 5.57. The van der Waals surface area contributed by atoms with Gasteiger partial charge in [-0.3, -0.25) is 0 Å². The van der Waals surface area contributed by atoms with Crippen LogP contribution in [0, 0.1) is 5.92 Å². The van der Waals surface area contributed by atoms with E-state index in [9.17, 15) is 18.7 Å². The lowest BCUT2D eigenvalue weighted by molar-refractivity contribution is -0.142. The third kappa shape index (κ3) is 3.60. The van der Waals surface area contributed by atoms with E-state index in [1.807, 2.05) is 19.9 Å². The third-order valence-corrected chi connectivity index (χ3v) is 5.32. The minimum atomic E-state index is -3.39. The maximum Gasteiger partial charge on any atom is 0.175 e. The predicted molar refractivity (Wildman–Crippen MR) is 84.8 cm³/mol. The van der Waals surface area contributed by atoms with E-state index < -0.39 is 9.84 Å². The molecule has 0 saturated carbocycles. The molecule has 0 aliphatic carbocycles. The van der Waals surface area contributed by atoms with E-state index in [1.165, 1.54) is 5.06 Å². The molecule has 2 N–H and O–H groups in total. The molecule has 1 aliphatic rings. The van der Waals surface area contributed by atoms with Crippen LogP contribution in [0.5, 0.6) is 0 Å². The van der Waals surface area contributed by atoms with Gasteiger partial charge in [0.05, 0.1) is 17.5 Å². The smallest absolute Gasteiger partial charge is 0.175 e. The molecule has 1 heterocycles. The number of aliphatic hydroxyl groups is 1. The summed E-state index contributed by atoms with van der Waals surface area (Å²) in [4.78, 5) is 2.24. The maximum absolute atomic E-state index is 11.9. The fourth-order valence-corrected chi connectivity index (χ4v) is 3.75. The van der Waals surface area contributed by atoms with Gasteiger partial charge >= 0.3 is 0 Å². The Labute approximate surface area is 131 Å². The molecular formula is C15H24N2O4S. The third-order valence-electron chi connectivity index (χ3n) is 4.14. The number of hydrogen-bond donors (Lipinski definition) is 2. The van der Waals surface area contributed by atoms with Crippen LogP contribution >= 0.6 is 0 Å². The van der Waals surface area contributed by atoms with E-state index in [0.717, 1.165) is 11.9 Å². The SMILES string of the molecule is CC(C)C1CN(c2ccc(CO)c(S(C)(=O)=O)c2)CCN1O. The highest BCUT2D eigenvalue weighted by Gasteiger charge is 2.29. The standard InChI is InChI=1S/C15H24N2O4S/c1-11(2)14-9-16(6-7-17(14)19)13-5-4-12(10-18)15(8-13)22(3,20)21/h4-5,8,11,14,18-19H,6-7,9-10H2,1-3H3. The summed E-state index contributed by atoms with van der Waals surface area (Å²) in [7, 11) is -3.39. The van der Waals surface area contributed by atoms with Crippen LogP contribution in [-0.2, 0) is 16.4 Å². The highest BCUT2D eigenvalue weighted by atomic mass is 32.2. The first-order valence-electron chi connectivity index (χ1n) is 7.38. The van der Waals surface area contributed by atoms with Crippen LogP contribution in [0.15, 0.2) is 23.1 Å². The van der Waals surface area contributed by atoms with Crippen LogP contribution in [0.25, 0.3) is 0 Å². The molecule has 124 valence electrons. The Morgan fingerprint density at radius 3 is 2.55 bits per heavy atom. The number of sulfone groups is 1. The summed E-state index contributed by atoms with van der Waals surface area (Å²) >= 11 is 0. The first-order chi connectivity index (χ1) is 10.2. The van der Waals surface area contributed by atoms with Crippen molar-refractivity contribution in [3.63, 3.8) is 0 Å². The lowest BCUT2D eigenvalue weighted by atomic mass is 10.0. The van der Waals surface area contributed by atoms with Crippen molar-refractivity contribution in [3.8, 4) is 0 Å². The van der Waals surface area contributed by atoms with Crippen molar-refractivity contribution in [2.24, 2.45) is 5.92 Å². The van der Waals surface area contributed by atoms with Gasteiger partial charge < -0.3 is 15.2 Å². The van der Waals surface area contributed by atoms with E-state index in [1.54, 1.807) is 12.1 Å². The molecule has 0 spiro atoms. The molecule has 0 amide bonds. The number of benzene rings is 1. The van der Waals surface area contributed by atoms with Gasteiger partial charge in [0.1, 0.15) is 0 Å². The van der Waals surface area contributed by atoms with Crippen LogP contribution in [0.3, 0.4) is 0 Å². The second kappa shape index (κ2) is 6.54. The Bertz CT molecular complexity index is 630. The monoisotopic (exact) mass is 328 g/mol. The zero-order valence-electron chi connectivity index (χ0n) is 13.2. The molecule has 0 radical (unpaired) electrons. The van der Waals surface area contributed by atoms with Gasteiger partial charge in [-0.05, 0) is 23.6 Å². The fraction of sp³-hybridized carbons (Fsp3) is 0.600. The molecule has 1 aliphatic heterocycles. The lowest BCUT2D eigenvalue weighted by Crippen LogP contribution is -2.54. The summed E-state index contributed by atoms with van der Waals surface area (Å²) < 4.78 is 23.8. The number of anilines is 1. The van der Waals surface area contributed by atoms with Crippen molar-refractivity contribution >= 4 is 15.5 Å². The average Bonchev–Trinajstić information content (AvgIpc) is 2.46. The molecule has 1 atom stereocenters. The summed E-state index contributed by atoms with van der Waals surface area (Å²) in [5.41, 5.74) is 1.21. The minimum Gasteiger partial charge on any atom is -0.392 e. The van der Waals surface area contributed by atoms with Crippen molar-refractivity contribution in [2.45, 2.75) is 31.4 Å². The Balaban J connectivity index is 2.33. The number of hydrogen-bond acceptors (Lipinski definition) is 6. The van der Waals surface area contributed by atoms with E-state index in [0.29, 0.717) is 31.1 Å². The summed E-state index contributed by atoms with van der Waals surface area (Å²) in [5, 5.41) is 20.6. The van der Waals surface area contributed by atoms with E-state index in [-0.39, 0.29) is 17.5 Å². The molecule has 1 aromatic carbocycles. The van der Waals surface area contributed by atoms with Crippen molar-refractivity contribution in [1.82, 2.24) is 5.06 Å². The number of piperazine rings is 1.